The van der Waals surface area contributed by atoms with Crippen molar-refractivity contribution in [2.75, 3.05) is 6.79 Å². The molecule has 0 radical (unpaired) electrons. The summed E-state index contributed by atoms with van der Waals surface area (Å²) in [6.45, 7) is 0.493. The normalized spacial score (nSPS) is 12.8. The van der Waals surface area contributed by atoms with Crippen molar-refractivity contribution in [2.24, 2.45) is 0 Å². The van der Waals surface area contributed by atoms with Crippen molar-refractivity contribution >= 4 is 5.91 Å². The van der Waals surface area contributed by atoms with Crippen molar-refractivity contribution in [3.8, 4) is 22.9 Å². The number of fused-ring (bicyclic) bond motifs is 1. The summed E-state index contributed by atoms with van der Waals surface area (Å²) in [4.78, 5) is 16.2. The van der Waals surface area contributed by atoms with Crippen LogP contribution in [0.3, 0.4) is 0 Å². The number of alkyl halides is 3. The molecule has 1 aliphatic heterocycles. The molecule has 4 rings (SSSR count). The second kappa shape index (κ2) is 8.05. The highest BCUT2D eigenvalue weighted by Gasteiger charge is 2.30. The molecule has 0 saturated heterocycles. The minimum Gasteiger partial charge on any atom is -0.454 e. The van der Waals surface area contributed by atoms with Crippen LogP contribution in [-0.4, -0.2) is 22.8 Å². The molecule has 2 aromatic carbocycles. The first-order valence-corrected chi connectivity index (χ1v) is 9.04. The van der Waals surface area contributed by atoms with Gasteiger partial charge in [0.05, 0.1) is 5.56 Å². The Bertz CT molecular complexity index is 1070. The van der Waals surface area contributed by atoms with Crippen LogP contribution in [0.4, 0.5) is 13.2 Å². The van der Waals surface area contributed by atoms with Gasteiger partial charge in [0.2, 0.25) is 24.4 Å². The number of halogens is 3. The van der Waals surface area contributed by atoms with Gasteiger partial charge in [-0.2, -0.15) is 18.2 Å². The van der Waals surface area contributed by atoms with Crippen molar-refractivity contribution < 1.29 is 32.0 Å². The molecule has 0 atom stereocenters. The molecule has 156 valence electrons. The van der Waals surface area contributed by atoms with Crippen LogP contribution in [0.1, 0.15) is 23.4 Å². The lowest BCUT2D eigenvalue weighted by Gasteiger charge is -2.06. The number of amides is 1. The fourth-order valence-corrected chi connectivity index (χ4v) is 2.87. The van der Waals surface area contributed by atoms with Crippen LogP contribution in [0.5, 0.6) is 11.5 Å². The number of aromatic nitrogens is 2. The van der Waals surface area contributed by atoms with Crippen molar-refractivity contribution in [3.05, 3.63) is 59.5 Å². The van der Waals surface area contributed by atoms with E-state index in [-0.39, 0.29) is 42.8 Å². The number of hydrogen-bond acceptors (Lipinski definition) is 6. The third kappa shape index (κ3) is 4.53. The number of hydrogen-bond donors (Lipinski definition) is 1. The van der Waals surface area contributed by atoms with E-state index in [1.807, 2.05) is 6.07 Å². The van der Waals surface area contributed by atoms with Gasteiger partial charge >= 0.3 is 6.18 Å². The topological polar surface area (TPSA) is 86.5 Å². The van der Waals surface area contributed by atoms with Crippen LogP contribution in [0, 0.1) is 0 Å². The quantitative estimate of drug-likeness (QED) is 0.655. The summed E-state index contributed by atoms with van der Waals surface area (Å²) >= 11 is 0. The van der Waals surface area contributed by atoms with Crippen LogP contribution >= 0.6 is 0 Å². The first kappa shape index (κ1) is 19.7. The minimum atomic E-state index is -4.46. The minimum absolute atomic E-state index is 0.0388. The summed E-state index contributed by atoms with van der Waals surface area (Å²) < 4.78 is 54.1. The molecule has 0 spiro atoms. The molecule has 1 aromatic heterocycles. The molecule has 0 fully saturated rings. The summed E-state index contributed by atoms with van der Waals surface area (Å²) in [5.74, 6) is 1.27. The Morgan fingerprint density at radius 1 is 1.10 bits per heavy atom. The fraction of sp³-hybridized carbons (Fsp3) is 0.250. The van der Waals surface area contributed by atoms with Gasteiger partial charge in [-0.25, -0.2) is 0 Å². The maximum Gasteiger partial charge on any atom is 0.416 e. The average Bonchev–Trinajstić information content (AvgIpc) is 3.39. The molecular weight excluding hydrogens is 403 g/mol. The van der Waals surface area contributed by atoms with Crippen LogP contribution in [0.2, 0.25) is 0 Å². The van der Waals surface area contributed by atoms with Crippen molar-refractivity contribution in [3.63, 3.8) is 0 Å². The average molecular weight is 419 g/mol. The Kier molecular flexibility index (Phi) is 5.30. The zero-order valence-corrected chi connectivity index (χ0v) is 15.5. The number of nitrogens with one attached hydrogen (secondary N) is 1. The van der Waals surface area contributed by atoms with E-state index in [2.05, 4.69) is 15.5 Å². The van der Waals surface area contributed by atoms with Crippen molar-refractivity contribution in [1.82, 2.24) is 15.5 Å². The molecule has 2 heterocycles. The van der Waals surface area contributed by atoms with Gasteiger partial charge in [0.1, 0.15) is 0 Å². The largest absolute Gasteiger partial charge is 0.454 e. The van der Waals surface area contributed by atoms with Gasteiger partial charge < -0.3 is 19.3 Å². The molecule has 30 heavy (non-hydrogen) atoms. The Hall–Kier alpha value is -3.56. The van der Waals surface area contributed by atoms with Gasteiger partial charge in [-0.1, -0.05) is 23.4 Å². The number of carbonyl (C=O) groups is 1. The van der Waals surface area contributed by atoms with Crippen LogP contribution in [0.25, 0.3) is 11.4 Å². The number of benzene rings is 2. The second-order valence-corrected chi connectivity index (χ2v) is 6.55. The molecular formula is C20H16F3N3O4. The Morgan fingerprint density at radius 3 is 2.77 bits per heavy atom. The SMILES string of the molecule is O=C(CCc1nc(-c2cccc(C(F)(F)F)c2)no1)NCc1ccc2c(c1)OCO2. The number of rotatable bonds is 6. The van der Waals surface area contributed by atoms with Gasteiger partial charge in [0, 0.05) is 24.9 Å². The van der Waals surface area contributed by atoms with Gasteiger partial charge in [-0.3, -0.25) is 4.79 Å². The van der Waals surface area contributed by atoms with Crippen LogP contribution in [-0.2, 0) is 23.9 Å². The molecule has 0 saturated carbocycles. The molecule has 3 aromatic rings. The zero-order valence-electron chi connectivity index (χ0n) is 15.5. The highest BCUT2D eigenvalue weighted by atomic mass is 19.4. The lowest BCUT2D eigenvalue weighted by Crippen LogP contribution is -2.23. The number of aryl methyl sites for hydroxylation is 1. The molecule has 0 unspecified atom stereocenters. The zero-order chi connectivity index (χ0) is 21.1. The highest BCUT2D eigenvalue weighted by molar-refractivity contribution is 5.76. The summed E-state index contributed by atoms with van der Waals surface area (Å²) in [7, 11) is 0. The summed E-state index contributed by atoms with van der Waals surface area (Å²) in [5.41, 5.74) is 0.249. The van der Waals surface area contributed by atoms with Crippen LogP contribution < -0.4 is 14.8 Å². The predicted octanol–water partition coefficient (Wildman–Crippen LogP) is 3.73. The summed E-state index contributed by atoms with van der Waals surface area (Å²) in [6.07, 6.45) is -4.20. The molecule has 1 aliphatic rings. The van der Waals surface area contributed by atoms with E-state index in [4.69, 9.17) is 14.0 Å². The molecule has 1 N–H and O–H groups in total. The van der Waals surface area contributed by atoms with Crippen molar-refractivity contribution in [1.29, 1.82) is 0 Å². The standard InChI is InChI=1S/C20H16F3N3O4/c21-20(22,23)14-3-1-2-13(9-14)19-25-18(30-26-19)7-6-17(27)24-10-12-4-5-15-16(8-12)29-11-28-15/h1-5,8-9H,6-7,10-11H2,(H,24,27). The van der Waals surface area contributed by atoms with E-state index in [1.54, 1.807) is 12.1 Å². The van der Waals surface area contributed by atoms with Crippen LogP contribution in [0.15, 0.2) is 47.0 Å². The Labute approximate surface area is 168 Å². The first-order chi connectivity index (χ1) is 14.4. The van der Waals surface area contributed by atoms with Gasteiger partial charge in [0.15, 0.2) is 11.5 Å². The monoisotopic (exact) mass is 419 g/mol. The van der Waals surface area contributed by atoms with Crippen molar-refractivity contribution in [2.45, 2.75) is 25.6 Å². The second-order valence-electron chi connectivity index (χ2n) is 6.55. The van der Waals surface area contributed by atoms with E-state index in [0.29, 0.717) is 18.0 Å². The lowest BCUT2D eigenvalue weighted by atomic mass is 10.1. The van der Waals surface area contributed by atoms with Gasteiger partial charge in [-0.15, -0.1) is 0 Å². The highest BCUT2D eigenvalue weighted by Crippen LogP contribution is 2.33. The lowest BCUT2D eigenvalue weighted by molar-refractivity contribution is -0.137. The smallest absolute Gasteiger partial charge is 0.416 e. The molecule has 10 heteroatoms. The number of nitrogens with zero attached hydrogens (tertiary/aromatic N) is 2. The summed E-state index contributed by atoms with van der Waals surface area (Å²) in [5, 5.41) is 6.48. The first-order valence-electron chi connectivity index (χ1n) is 9.04. The molecule has 0 aliphatic carbocycles. The van der Waals surface area contributed by atoms with E-state index >= 15 is 0 Å². The third-order valence-corrected chi connectivity index (χ3v) is 4.41. The maximum atomic E-state index is 12.8. The Morgan fingerprint density at radius 2 is 1.93 bits per heavy atom. The van der Waals surface area contributed by atoms with E-state index in [0.717, 1.165) is 17.7 Å². The van der Waals surface area contributed by atoms with E-state index < -0.39 is 11.7 Å². The molecule has 1 amide bonds. The van der Waals surface area contributed by atoms with Gasteiger partial charge in [0.25, 0.3) is 0 Å². The number of ether oxygens (including phenoxy) is 2. The number of carbonyl (C=O) groups excluding carboxylic acids is 1. The molecule has 7 nitrogen and oxygen atoms in total. The molecule has 0 bridgehead atoms. The fourth-order valence-electron chi connectivity index (χ4n) is 2.87. The summed E-state index contributed by atoms with van der Waals surface area (Å²) in [6, 6.07) is 10.0. The third-order valence-electron chi connectivity index (χ3n) is 4.41. The van der Waals surface area contributed by atoms with E-state index in [9.17, 15) is 18.0 Å². The maximum absolute atomic E-state index is 12.8. The van der Waals surface area contributed by atoms with E-state index in [1.165, 1.54) is 12.1 Å². The van der Waals surface area contributed by atoms with Gasteiger partial charge in [-0.05, 0) is 29.8 Å². The predicted molar refractivity (Wildman–Crippen MR) is 97.5 cm³/mol. The Balaban J connectivity index is 1.30.